The van der Waals surface area contributed by atoms with E-state index in [-0.39, 0.29) is 11.2 Å². The second-order valence-electron chi connectivity index (χ2n) is 5.22. The maximum absolute atomic E-state index is 11.9. The molecule has 0 saturated heterocycles. The van der Waals surface area contributed by atoms with Gasteiger partial charge in [-0.05, 0) is 39.9 Å². The van der Waals surface area contributed by atoms with E-state index in [2.05, 4.69) is 35.1 Å². The molecule has 0 spiro atoms. The van der Waals surface area contributed by atoms with Crippen LogP contribution in [0.3, 0.4) is 0 Å². The normalized spacial score (nSPS) is 19.4. The molecule has 1 N–H and O–H groups in total. The smallest absolute Gasteiger partial charge is 0.172 e. The predicted octanol–water partition coefficient (Wildman–Crippen LogP) is 4.09. The first-order valence-electron chi connectivity index (χ1n) is 5.72. The van der Waals surface area contributed by atoms with Gasteiger partial charge in [0.25, 0.3) is 0 Å². The highest BCUT2D eigenvalue weighted by Crippen LogP contribution is 2.38. The van der Waals surface area contributed by atoms with Crippen molar-refractivity contribution in [2.75, 3.05) is 5.32 Å². The zero-order valence-corrected chi connectivity index (χ0v) is 11.7. The Kier molecular flexibility index (Phi) is 3.38. The van der Waals surface area contributed by atoms with Crippen molar-refractivity contribution in [1.29, 1.82) is 0 Å². The van der Waals surface area contributed by atoms with E-state index in [1.807, 2.05) is 30.3 Å². The van der Waals surface area contributed by atoms with Crippen molar-refractivity contribution in [1.82, 2.24) is 0 Å². The molecule has 1 aliphatic carbocycles. The molecule has 0 unspecified atom stereocenters. The number of nitrogens with one attached hydrogen (secondary N) is 1. The van der Waals surface area contributed by atoms with Gasteiger partial charge in [0.05, 0.1) is 4.48 Å². The average molecular weight is 294 g/mol. The maximum Gasteiger partial charge on any atom is 0.172 e. The number of anilines is 1. The van der Waals surface area contributed by atoms with Gasteiger partial charge in [0.1, 0.15) is 0 Å². The predicted molar refractivity (Wildman–Crippen MR) is 74.0 cm³/mol. The molecule has 17 heavy (non-hydrogen) atoms. The second kappa shape index (κ2) is 4.65. The highest BCUT2D eigenvalue weighted by molar-refractivity contribution is 9.12. The molecule has 0 saturated carbocycles. The number of halogens is 1. The van der Waals surface area contributed by atoms with E-state index in [9.17, 15) is 4.79 Å². The number of hydrogen-bond donors (Lipinski definition) is 1. The summed E-state index contributed by atoms with van der Waals surface area (Å²) in [5.74, 6) is 0.180. The molecular formula is C14H16BrNO. The summed E-state index contributed by atoms with van der Waals surface area (Å²) < 4.78 is 0.695. The molecule has 1 aliphatic rings. The van der Waals surface area contributed by atoms with Gasteiger partial charge in [0.2, 0.25) is 0 Å². The van der Waals surface area contributed by atoms with Crippen molar-refractivity contribution >= 4 is 27.4 Å². The molecule has 0 atom stereocenters. The molecule has 0 fully saturated rings. The van der Waals surface area contributed by atoms with E-state index in [1.165, 1.54) is 0 Å². The van der Waals surface area contributed by atoms with E-state index in [1.54, 1.807) is 0 Å². The third-order valence-corrected chi connectivity index (χ3v) is 3.79. The highest BCUT2D eigenvalue weighted by atomic mass is 79.9. The fourth-order valence-corrected chi connectivity index (χ4v) is 2.47. The maximum atomic E-state index is 11.9. The van der Waals surface area contributed by atoms with Crippen LogP contribution in [-0.2, 0) is 4.79 Å². The van der Waals surface area contributed by atoms with Gasteiger partial charge in [-0.1, -0.05) is 32.0 Å². The van der Waals surface area contributed by atoms with Gasteiger partial charge in [0, 0.05) is 17.8 Å². The summed E-state index contributed by atoms with van der Waals surface area (Å²) in [5.41, 5.74) is 2.04. The van der Waals surface area contributed by atoms with E-state index < -0.39 is 0 Å². The Labute approximate surface area is 110 Å². The van der Waals surface area contributed by atoms with Gasteiger partial charge in [0.15, 0.2) is 5.78 Å². The summed E-state index contributed by atoms with van der Waals surface area (Å²) in [6.07, 6.45) is 1.49. The van der Waals surface area contributed by atoms with Crippen LogP contribution in [-0.4, -0.2) is 5.78 Å². The minimum atomic E-state index is 0.0332. The van der Waals surface area contributed by atoms with Crippen molar-refractivity contribution in [2.45, 2.75) is 26.7 Å². The van der Waals surface area contributed by atoms with Crippen LogP contribution in [0.2, 0.25) is 0 Å². The lowest BCUT2D eigenvalue weighted by Crippen LogP contribution is -2.26. The van der Waals surface area contributed by atoms with Crippen molar-refractivity contribution in [2.24, 2.45) is 5.41 Å². The molecule has 0 radical (unpaired) electrons. The Morgan fingerprint density at radius 2 is 1.82 bits per heavy atom. The lowest BCUT2D eigenvalue weighted by Gasteiger charge is -2.31. The van der Waals surface area contributed by atoms with Crippen LogP contribution in [0.25, 0.3) is 0 Å². The Morgan fingerprint density at radius 3 is 2.47 bits per heavy atom. The average Bonchev–Trinajstić information content (AvgIpc) is 2.26. The third-order valence-electron chi connectivity index (χ3n) is 2.87. The first-order chi connectivity index (χ1) is 7.98. The van der Waals surface area contributed by atoms with Crippen LogP contribution in [0.15, 0.2) is 40.5 Å². The molecule has 0 aliphatic heterocycles. The standard InChI is InChI=1S/C14H16BrNO/c1-14(2)8-11(13(15)12(17)9-14)16-10-6-4-3-5-7-10/h3-7,16H,8-9H2,1-2H3. The second-order valence-corrected chi connectivity index (χ2v) is 6.02. The van der Waals surface area contributed by atoms with Crippen LogP contribution < -0.4 is 5.32 Å². The molecular weight excluding hydrogens is 278 g/mol. The fourth-order valence-electron chi connectivity index (χ4n) is 2.09. The molecule has 1 aromatic rings. The summed E-state index contributed by atoms with van der Waals surface area (Å²) in [4.78, 5) is 11.9. The number of Topliss-reactive ketones (excluding diaryl/α,β-unsaturated/α-hetero) is 1. The van der Waals surface area contributed by atoms with Gasteiger partial charge in [-0.25, -0.2) is 0 Å². The topological polar surface area (TPSA) is 29.1 Å². The molecule has 0 aromatic heterocycles. The Balaban J connectivity index is 2.25. The minimum absolute atomic E-state index is 0.0332. The van der Waals surface area contributed by atoms with Crippen molar-refractivity contribution < 1.29 is 4.79 Å². The number of carbonyl (C=O) groups excluding carboxylic acids is 1. The molecule has 0 amide bonds. The molecule has 2 nitrogen and oxygen atoms in total. The Hall–Kier alpha value is -1.09. The number of carbonyl (C=O) groups is 1. The Bertz CT molecular complexity index is 462. The van der Waals surface area contributed by atoms with Crippen LogP contribution in [0.5, 0.6) is 0 Å². The van der Waals surface area contributed by atoms with Gasteiger partial charge in [-0.15, -0.1) is 0 Å². The Morgan fingerprint density at radius 1 is 1.18 bits per heavy atom. The third kappa shape index (κ3) is 2.97. The number of benzene rings is 1. The lowest BCUT2D eigenvalue weighted by molar-refractivity contribution is -0.117. The van der Waals surface area contributed by atoms with Gasteiger partial charge < -0.3 is 5.32 Å². The number of ketones is 1. The monoisotopic (exact) mass is 293 g/mol. The van der Waals surface area contributed by atoms with E-state index >= 15 is 0 Å². The molecule has 0 bridgehead atoms. The quantitative estimate of drug-likeness (QED) is 0.890. The van der Waals surface area contributed by atoms with Crippen molar-refractivity contribution in [3.63, 3.8) is 0 Å². The summed E-state index contributed by atoms with van der Waals surface area (Å²) in [7, 11) is 0. The molecule has 90 valence electrons. The lowest BCUT2D eigenvalue weighted by atomic mass is 9.79. The van der Waals surface area contributed by atoms with E-state index in [0.717, 1.165) is 17.8 Å². The highest BCUT2D eigenvalue weighted by Gasteiger charge is 2.31. The summed E-state index contributed by atoms with van der Waals surface area (Å²) in [6.45, 7) is 4.24. The van der Waals surface area contributed by atoms with Gasteiger partial charge in [-0.3, -0.25) is 4.79 Å². The van der Waals surface area contributed by atoms with Crippen molar-refractivity contribution in [3.8, 4) is 0 Å². The molecule has 1 aromatic carbocycles. The summed E-state index contributed by atoms with van der Waals surface area (Å²) >= 11 is 3.40. The largest absolute Gasteiger partial charge is 0.358 e. The van der Waals surface area contributed by atoms with Crippen LogP contribution in [0, 0.1) is 5.41 Å². The summed E-state index contributed by atoms with van der Waals surface area (Å²) in [6, 6.07) is 9.93. The summed E-state index contributed by atoms with van der Waals surface area (Å²) in [5, 5.41) is 3.33. The van der Waals surface area contributed by atoms with Crippen LogP contribution >= 0.6 is 15.9 Å². The fraction of sp³-hybridized carbons (Fsp3) is 0.357. The van der Waals surface area contributed by atoms with E-state index in [4.69, 9.17) is 0 Å². The first-order valence-corrected chi connectivity index (χ1v) is 6.51. The molecule has 0 heterocycles. The van der Waals surface area contributed by atoms with Gasteiger partial charge in [-0.2, -0.15) is 0 Å². The molecule has 2 rings (SSSR count). The number of allylic oxidation sites excluding steroid dienone is 2. The van der Waals surface area contributed by atoms with Crippen LogP contribution in [0.1, 0.15) is 26.7 Å². The van der Waals surface area contributed by atoms with Crippen LogP contribution in [0.4, 0.5) is 5.69 Å². The van der Waals surface area contributed by atoms with Crippen molar-refractivity contribution in [3.05, 3.63) is 40.5 Å². The van der Waals surface area contributed by atoms with Gasteiger partial charge >= 0.3 is 0 Å². The zero-order valence-electron chi connectivity index (χ0n) is 10.1. The number of para-hydroxylation sites is 1. The number of hydrogen-bond acceptors (Lipinski definition) is 2. The SMILES string of the molecule is CC1(C)CC(=O)C(Br)=C(Nc2ccccc2)C1. The first kappa shape index (κ1) is 12.4. The van der Waals surface area contributed by atoms with E-state index in [0.29, 0.717) is 10.9 Å². The zero-order chi connectivity index (χ0) is 12.5. The molecule has 3 heteroatoms. The number of rotatable bonds is 2. The minimum Gasteiger partial charge on any atom is -0.358 e.